The van der Waals surface area contributed by atoms with E-state index in [-0.39, 0.29) is 37.2 Å². The SMILES string of the molecule is COC(=O)CCCNC(=O)CN(C)CCC(=O)OC. The van der Waals surface area contributed by atoms with Crippen LogP contribution in [0.1, 0.15) is 19.3 Å². The number of carbonyl (C=O) groups is 3. The first-order valence-electron chi connectivity index (χ1n) is 6.08. The summed E-state index contributed by atoms with van der Waals surface area (Å²) in [7, 11) is 4.41. The Bertz CT molecular complexity index is 306. The third-order valence-electron chi connectivity index (χ3n) is 2.45. The predicted molar refractivity (Wildman–Crippen MR) is 68.4 cm³/mol. The second-order valence-corrected chi connectivity index (χ2v) is 4.09. The Hall–Kier alpha value is -1.63. The molecule has 7 nitrogen and oxygen atoms in total. The van der Waals surface area contributed by atoms with Crippen LogP contribution in [0, 0.1) is 0 Å². The van der Waals surface area contributed by atoms with Gasteiger partial charge >= 0.3 is 11.9 Å². The topological polar surface area (TPSA) is 84.9 Å². The monoisotopic (exact) mass is 274 g/mol. The van der Waals surface area contributed by atoms with Crippen molar-refractivity contribution in [2.45, 2.75) is 19.3 Å². The van der Waals surface area contributed by atoms with Crippen LogP contribution in [0.3, 0.4) is 0 Å². The van der Waals surface area contributed by atoms with E-state index >= 15 is 0 Å². The lowest BCUT2D eigenvalue weighted by Crippen LogP contribution is -2.36. The first-order valence-corrected chi connectivity index (χ1v) is 6.08. The molecule has 0 bridgehead atoms. The Kier molecular flexibility index (Phi) is 9.42. The standard InChI is InChI=1S/C12H22N2O5/c1-14(8-6-12(17)19-3)9-10(15)13-7-4-5-11(16)18-2/h4-9H2,1-3H3,(H,13,15). The van der Waals surface area contributed by atoms with Crippen molar-refractivity contribution in [3.05, 3.63) is 0 Å². The van der Waals surface area contributed by atoms with Gasteiger partial charge < -0.3 is 14.8 Å². The summed E-state index contributed by atoms with van der Waals surface area (Å²) in [6.07, 6.45) is 1.09. The Morgan fingerprint density at radius 3 is 2.21 bits per heavy atom. The zero-order chi connectivity index (χ0) is 14.7. The second kappa shape index (κ2) is 10.3. The van der Waals surface area contributed by atoms with Gasteiger partial charge in [-0.15, -0.1) is 0 Å². The molecule has 0 saturated heterocycles. The number of rotatable bonds is 9. The van der Waals surface area contributed by atoms with E-state index in [1.54, 1.807) is 11.9 Å². The lowest BCUT2D eigenvalue weighted by molar-refractivity contribution is -0.141. The summed E-state index contributed by atoms with van der Waals surface area (Å²) in [5.41, 5.74) is 0. The summed E-state index contributed by atoms with van der Waals surface area (Å²) in [4.78, 5) is 35.0. The van der Waals surface area contributed by atoms with Crippen LogP contribution in [0.25, 0.3) is 0 Å². The maximum atomic E-state index is 11.5. The van der Waals surface area contributed by atoms with Crippen LogP contribution in [-0.2, 0) is 23.9 Å². The highest BCUT2D eigenvalue weighted by Gasteiger charge is 2.08. The molecule has 0 spiro atoms. The predicted octanol–water partition coefficient (Wildman–Crippen LogP) is -0.449. The number of likely N-dealkylation sites (N-methyl/N-ethyl adjacent to an activating group) is 1. The van der Waals surface area contributed by atoms with Gasteiger partial charge in [0.2, 0.25) is 5.91 Å². The first-order chi connectivity index (χ1) is 8.99. The minimum atomic E-state index is -0.301. The number of methoxy groups -OCH3 is 2. The first kappa shape index (κ1) is 17.4. The summed E-state index contributed by atoms with van der Waals surface area (Å²) in [5, 5.41) is 2.69. The third kappa shape index (κ3) is 10.0. The van der Waals surface area contributed by atoms with Crippen molar-refractivity contribution in [1.29, 1.82) is 0 Å². The third-order valence-corrected chi connectivity index (χ3v) is 2.45. The number of carbonyl (C=O) groups excluding carboxylic acids is 3. The molecule has 1 N–H and O–H groups in total. The number of amides is 1. The molecule has 0 aromatic heterocycles. The zero-order valence-electron chi connectivity index (χ0n) is 11.7. The molecule has 0 fully saturated rings. The van der Waals surface area contributed by atoms with Gasteiger partial charge in [-0.1, -0.05) is 0 Å². The minimum Gasteiger partial charge on any atom is -0.469 e. The van der Waals surface area contributed by atoms with E-state index in [4.69, 9.17) is 0 Å². The van der Waals surface area contributed by atoms with Gasteiger partial charge in [0.15, 0.2) is 0 Å². The summed E-state index contributed by atoms with van der Waals surface area (Å²) < 4.78 is 8.99. The molecular weight excluding hydrogens is 252 g/mol. The molecule has 0 aliphatic carbocycles. The molecule has 0 aliphatic rings. The fraction of sp³-hybridized carbons (Fsp3) is 0.750. The molecular formula is C12H22N2O5. The largest absolute Gasteiger partial charge is 0.469 e. The number of hydrogen-bond donors (Lipinski definition) is 1. The Balaban J connectivity index is 3.62. The maximum absolute atomic E-state index is 11.5. The highest BCUT2D eigenvalue weighted by molar-refractivity contribution is 5.78. The van der Waals surface area contributed by atoms with Crippen molar-refractivity contribution in [3.8, 4) is 0 Å². The summed E-state index contributed by atoms with van der Waals surface area (Å²) in [5.74, 6) is -0.730. The van der Waals surface area contributed by atoms with Crippen molar-refractivity contribution in [1.82, 2.24) is 10.2 Å². The van der Waals surface area contributed by atoms with Crippen LogP contribution >= 0.6 is 0 Å². The van der Waals surface area contributed by atoms with Crippen LogP contribution in [0.5, 0.6) is 0 Å². The Morgan fingerprint density at radius 2 is 1.63 bits per heavy atom. The fourth-order valence-corrected chi connectivity index (χ4v) is 1.33. The van der Waals surface area contributed by atoms with E-state index in [1.807, 2.05) is 0 Å². The number of nitrogens with zero attached hydrogens (tertiary/aromatic N) is 1. The van der Waals surface area contributed by atoms with Gasteiger partial charge in [0, 0.05) is 19.5 Å². The molecule has 110 valence electrons. The summed E-state index contributed by atoms with van der Waals surface area (Å²) in [6, 6.07) is 0. The van der Waals surface area contributed by atoms with Crippen molar-refractivity contribution in [2.75, 3.05) is 40.9 Å². The van der Waals surface area contributed by atoms with Crippen molar-refractivity contribution in [3.63, 3.8) is 0 Å². The van der Waals surface area contributed by atoms with Gasteiger partial charge in [-0.3, -0.25) is 19.3 Å². The second-order valence-electron chi connectivity index (χ2n) is 4.09. The molecule has 0 heterocycles. The van der Waals surface area contributed by atoms with Crippen molar-refractivity contribution in [2.24, 2.45) is 0 Å². The van der Waals surface area contributed by atoms with Crippen LogP contribution in [0.4, 0.5) is 0 Å². The van der Waals surface area contributed by atoms with E-state index in [1.165, 1.54) is 14.2 Å². The molecule has 19 heavy (non-hydrogen) atoms. The van der Waals surface area contributed by atoms with Gasteiger partial charge in [0.1, 0.15) is 0 Å². The molecule has 0 unspecified atom stereocenters. The van der Waals surface area contributed by atoms with Crippen molar-refractivity contribution >= 4 is 17.8 Å². The summed E-state index contributed by atoms with van der Waals surface area (Å²) in [6.45, 7) is 1.09. The highest BCUT2D eigenvalue weighted by Crippen LogP contribution is 1.92. The normalized spacial score (nSPS) is 10.1. The molecule has 0 aliphatic heterocycles. The molecule has 1 amide bonds. The van der Waals surface area contributed by atoms with Gasteiger partial charge in [-0.2, -0.15) is 0 Å². The average Bonchev–Trinajstić information content (AvgIpc) is 2.40. The van der Waals surface area contributed by atoms with Crippen molar-refractivity contribution < 1.29 is 23.9 Å². The molecule has 0 atom stereocenters. The average molecular weight is 274 g/mol. The molecule has 7 heteroatoms. The smallest absolute Gasteiger partial charge is 0.306 e. The molecule has 0 radical (unpaired) electrons. The van der Waals surface area contributed by atoms with Gasteiger partial charge in [0.05, 0.1) is 27.2 Å². The molecule has 0 rings (SSSR count). The maximum Gasteiger partial charge on any atom is 0.306 e. The van der Waals surface area contributed by atoms with Gasteiger partial charge in [-0.25, -0.2) is 0 Å². The number of hydrogen-bond acceptors (Lipinski definition) is 6. The van der Waals surface area contributed by atoms with E-state index in [2.05, 4.69) is 14.8 Å². The van der Waals surface area contributed by atoms with E-state index in [0.29, 0.717) is 19.5 Å². The van der Waals surface area contributed by atoms with Gasteiger partial charge in [-0.05, 0) is 13.5 Å². The molecule has 0 saturated carbocycles. The molecule has 0 aromatic rings. The fourth-order valence-electron chi connectivity index (χ4n) is 1.33. The van der Waals surface area contributed by atoms with Crippen LogP contribution in [0.15, 0.2) is 0 Å². The number of ether oxygens (including phenoxy) is 2. The lowest BCUT2D eigenvalue weighted by Gasteiger charge is -2.15. The van der Waals surface area contributed by atoms with Gasteiger partial charge in [0.25, 0.3) is 0 Å². The quantitative estimate of drug-likeness (QED) is 0.453. The van der Waals surface area contributed by atoms with Crippen LogP contribution in [0.2, 0.25) is 0 Å². The summed E-state index contributed by atoms with van der Waals surface area (Å²) >= 11 is 0. The van der Waals surface area contributed by atoms with E-state index in [9.17, 15) is 14.4 Å². The van der Waals surface area contributed by atoms with E-state index in [0.717, 1.165) is 0 Å². The highest BCUT2D eigenvalue weighted by atomic mass is 16.5. The molecule has 0 aromatic carbocycles. The minimum absolute atomic E-state index is 0.141. The lowest BCUT2D eigenvalue weighted by atomic mass is 10.3. The Labute approximate surface area is 113 Å². The van der Waals surface area contributed by atoms with Crippen LogP contribution < -0.4 is 5.32 Å². The zero-order valence-corrected chi connectivity index (χ0v) is 11.7. The Morgan fingerprint density at radius 1 is 1.05 bits per heavy atom. The number of nitrogens with one attached hydrogen (secondary N) is 1. The van der Waals surface area contributed by atoms with Crippen LogP contribution in [-0.4, -0.2) is 63.6 Å². The van der Waals surface area contributed by atoms with E-state index < -0.39 is 0 Å². The number of esters is 2.